The molecule has 0 aliphatic rings. The van der Waals surface area contributed by atoms with Crippen LogP contribution in [0, 0.1) is 11.3 Å². The molecule has 0 spiro atoms. The topological polar surface area (TPSA) is 106 Å². The molecule has 4 rings (SSSR count). The maximum atomic E-state index is 9.51. The standard InChI is InChI=1S/C20H17N7/c1-2-8-27-19-6-5-13(9-18(19)25-26-27)17-10-15(14-4-3-7-23-12-14)16(11-21)20(22)24-17/h3-7,9-10,12H,2,8H2,1H3,(H2,22,24). The predicted octanol–water partition coefficient (Wildman–Crippen LogP) is 3.42. The Hall–Kier alpha value is -3.79. The Bertz CT molecular complexity index is 1160. The van der Waals surface area contributed by atoms with Crippen molar-refractivity contribution in [3.8, 4) is 28.5 Å². The third-order valence-electron chi connectivity index (χ3n) is 4.38. The van der Waals surface area contributed by atoms with Gasteiger partial charge in [0.15, 0.2) is 0 Å². The third-order valence-corrected chi connectivity index (χ3v) is 4.38. The summed E-state index contributed by atoms with van der Waals surface area (Å²) in [6.45, 7) is 2.92. The fraction of sp³-hybridized carbons (Fsp3) is 0.150. The van der Waals surface area contributed by atoms with E-state index in [4.69, 9.17) is 5.73 Å². The normalized spacial score (nSPS) is 10.8. The molecule has 0 bridgehead atoms. The number of nitriles is 1. The highest BCUT2D eigenvalue weighted by atomic mass is 15.4. The van der Waals surface area contributed by atoms with Crippen molar-refractivity contribution in [1.82, 2.24) is 25.0 Å². The van der Waals surface area contributed by atoms with Crippen LogP contribution >= 0.6 is 0 Å². The summed E-state index contributed by atoms with van der Waals surface area (Å²) in [5.41, 5.74) is 11.3. The van der Waals surface area contributed by atoms with E-state index in [1.807, 2.05) is 41.1 Å². The second kappa shape index (κ2) is 6.84. The monoisotopic (exact) mass is 355 g/mol. The molecule has 0 atom stereocenters. The van der Waals surface area contributed by atoms with E-state index in [1.165, 1.54) is 0 Å². The van der Waals surface area contributed by atoms with Gasteiger partial charge in [0, 0.05) is 35.6 Å². The smallest absolute Gasteiger partial charge is 0.142 e. The van der Waals surface area contributed by atoms with E-state index in [-0.39, 0.29) is 5.82 Å². The molecule has 132 valence electrons. The molecule has 0 fully saturated rings. The van der Waals surface area contributed by atoms with Crippen molar-refractivity contribution in [2.45, 2.75) is 19.9 Å². The zero-order chi connectivity index (χ0) is 18.8. The molecule has 3 aromatic heterocycles. The molecule has 0 saturated carbocycles. The number of rotatable bonds is 4. The van der Waals surface area contributed by atoms with E-state index in [0.29, 0.717) is 16.8 Å². The largest absolute Gasteiger partial charge is 0.383 e. The van der Waals surface area contributed by atoms with Gasteiger partial charge >= 0.3 is 0 Å². The van der Waals surface area contributed by atoms with E-state index < -0.39 is 0 Å². The Morgan fingerprint density at radius 1 is 1.19 bits per heavy atom. The first-order valence-corrected chi connectivity index (χ1v) is 8.66. The maximum absolute atomic E-state index is 9.51. The van der Waals surface area contributed by atoms with E-state index >= 15 is 0 Å². The molecule has 0 aliphatic heterocycles. The number of nitrogens with two attached hydrogens (primary N) is 1. The molecule has 4 aromatic rings. The minimum absolute atomic E-state index is 0.198. The Kier molecular flexibility index (Phi) is 4.22. The van der Waals surface area contributed by atoms with Crippen LogP contribution < -0.4 is 5.73 Å². The van der Waals surface area contributed by atoms with Crippen LogP contribution in [0.25, 0.3) is 33.4 Å². The second-order valence-corrected chi connectivity index (χ2v) is 6.18. The van der Waals surface area contributed by atoms with Gasteiger partial charge < -0.3 is 5.73 Å². The lowest BCUT2D eigenvalue weighted by atomic mass is 9.99. The van der Waals surface area contributed by atoms with Crippen LogP contribution in [-0.4, -0.2) is 25.0 Å². The zero-order valence-electron chi connectivity index (χ0n) is 14.8. The van der Waals surface area contributed by atoms with Gasteiger partial charge in [0.1, 0.15) is 23.0 Å². The van der Waals surface area contributed by atoms with Crippen molar-refractivity contribution in [1.29, 1.82) is 5.26 Å². The van der Waals surface area contributed by atoms with Gasteiger partial charge in [-0.1, -0.05) is 24.3 Å². The number of benzene rings is 1. The number of nitrogen functional groups attached to an aromatic ring is 1. The van der Waals surface area contributed by atoms with Gasteiger partial charge in [-0.2, -0.15) is 5.26 Å². The summed E-state index contributed by atoms with van der Waals surface area (Å²) in [5, 5.41) is 18.0. The van der Waals surface area contributed by atoms with Gasteiger partial charge in [0.25, 0.3) is 0 Å². The van der Waals surface area contributed by atoms with Crippen molar-refractivity contribution in [2.75, 3.05) is 5.73 Å². The summed E-state index contributed by atoms with van der Waals surface area (Å²) in [4.78, 5) is 8.57. The van der Waals surface area contributed by atoms with Crippen molar-refractivity contribution >= 4 is 16.9 Å². The lowest BCUT2D eigenvalue weighted by Crippen LogP contribution is -2.00. The van der Waals surface area contributed by atoms with Crippen LogP contribution in [0.2, 0.25) is 0 Å². The molecule has 3 heterocycles. The first-order valence-electron chi connectivity index (χ1n) is 8.66. The summed E-state index contributed by atoms with van der Waals surface area (Å²) >= 11 is 0. The van der Waals surface area contributed by atoms with Gasteiger partial charge in [-0.05, 0) is 30.7 Å². The summed E-state index contributed by atoms with van der Waals surface area (Å²) in [6.07, 6.45) is 4.38. The van der Waals surface area contributed by atoms with Crippen LogP contribution in [0.5, 0.6) is 0 Å². The zero-order valence-corrected chi connectivity index (χ0v) is 14.8. The third kappa shape index (κ3) is 2.98. The first-order chi connectivity index (χ1) is 13.2. The van der Waals surface area contributed by atoms with Crippen LogP contribution in [0.4, 0.5) is 5.82 Å². The van der Waals surface area contributed by atoms with Crippen LogP contribution in [-0.2, 0) is 6.54 Å². The number of fused-ring (bicyclic) bond motifs is 1. The summed E-state index contributed by atoms with van der Waals surface area (Å²) in [5.74, 6) is 0.198. The molecule has 27 heavy (non-hydrogen) atoms. The highest BCUT2D eigenvalue weighted by Gasteiger charge is 2.14. The average Bonchev–Trinajstić information content (AvgIpc) is 3.10. The Morgan fingerprint density at radius 3 is 2.81 bits per heavy atom. The molecule has 7 heteroatoms. The lowest BCUT2D eigenvalue weighted by Gasteiger charge is -2.10. The highest BCUT2D eigenvalue weighted by Crippen LogP contribution is 2.31. The van der Waals surface area contributed by atoms with Gasteiger partial charge in [0.2, 0.25) is 0 Å². The van der Waals surface area contributed by atoms with E-state index in [0.717, 1.165) is 35.1 Å². The molecule has 7 nitrogen and oxygen atoms in total. The van der Waals surface area contributed by atoms with Crippen LogP contribution in [0.15, 0.2) is 48.8 Å². The van der Waals surface area contributed by atoms with Crippen molar-refractivity contribution in [2.24, 2.45) is 0 Å². The molecule has 0 radical (unpaired) electrons. The fourth-order valence-electron chi connectivity index (χ4n) is 3.09. The van der Waals surface area contributed by atoms with Gasteiger partial charge in [-0.3, -0.25) is 4.98 Å². The van der Waals surface area contributed by atoms with Crippen molar-refractivity contribution < 1.29 is 0 Å². The molecule has 0 unspecified atom stereocenters. The molecular formula is C20H17N7. The Labute approximate surface area is 156 Å². The number of hydrogen-bond donors (Lipinski definition) is 1. The van der Waals surface area contributed by atoms with Gasteiger partial charge in [-0.15, -0.1) is 5.10 Å². The number of aryl methyl sites for hydroxylation is 1. The quantitative estimate of drug-likeness (QED) is 0.601. The Morgan fingerprint density at radius 2 is 2.07 bits per heavy atom. The summed E-state index contributed by atoms with van der Waals surface area (Å²) in [6, 6.07) is 13.6. The average molecular weight is 355 g/mol. The van der Waals surface area contributed by atoms with Crippen LogP contribution in [0.3, 0.4) is 0 Å². The fourth-order valence-corrected chi connectivity index (χ4v) is 3.09. The molecule has 1 aromatic carbocycles. The summed E-state index contributed by atoms with van der Waals surface area (Å²) < 4.78 is 1.89. The highest BCUT2D eigenvalue weighted by molar-refractivity contribution is 5.84. The number of hydrogen-bond acceptors (Lipinski definition) is 6. The summed E-state index contributed by atoms with van der Waals surface area (Å²) in [7, 11) is 0. The second-order valence-electron chi connectivity index (χ2n) is 6.18. The molecule has 0 aliphatic carbocycles. The van der Waals surface area contributed by atoms with Gasteiger partial charge in [-0.25, -0.2) is 9.67 Å². The maximum Gasteiger partial charge on any atom is 0.142 e. The minimum Gasteiger partial charge on any atom is -0.383 e. The van der Waals surface area contributed by atoms with Gasteiger partial charge in [0.05, 0.1) is 11.2 Å². The lowest BCUT2D eigenvalue weighted by molar-refractivity contribution is 0.596. The number of aromatic nitrogens is 5. The predicted molar refractivity (Wildman–Crippen MR) is 103 cm³/mol. The molecule has 0 amide bonds. The minimum atomic E-state index is 0.198. The van der Waals surface area contributed by atoms with E-state index in [2.05, 4.69) is 33.3 Å². The number of nitrogens with zero attached hydrogens (tertiary/aromatic N) is 6. The molecular weight excluding hydrogens is 338 g/mol. The first kappa shape index (κ1) is 16.7. The number of pyridine rings is 2. The van der Waals surface area contributed by atoms with E-state index in [1.54, 1.807) is 12.4 Å². The van der Waals surface area contributed by atoms with Crippen molar-refractivity contribution in [3.05, 3.63) is 54.4 Å². The van der Waals surface area contributed by atoms with Crippen LogP contribution in [0.1, 0.15) is 18.9 Å². The SMILES string of the molecule is CCCn1nnc2cc(-c3cc(-c4cccnc4)c(C#N)c(N)n3)ccc21. The van der Waals surface area contributed by atoms with E-state index in [9.17, 15) is 5.26 Å². The molecule has 2 N–H and O–H groups in total. The van der Waals surface area contributed by atoms with Crippen molar-refractivity contribution in [3.63, 3.8) is 0 Å². The number of anilines is 1. The Balaban J connectivity index is 1.86. The molecule has 0 saturated heterocycles.